The Morgan fingerprint density at radius 1 is 1.19 bits per heavy atom. The molecule has 0 unspecified atom stereocenters. The van der Waals surface area contributed by atoms with E-state index in [4.69, 9.17) is 4.74 Å². The molecule has 108 valence electrons. The smallest absolute Gasteiger partial charge is 0.227 e. The number of fused-ring (bicyclic) bond motifs is 3. The zero-order chi connectivity index (χ0) is 15.0. The number of benzene rings is 1. The fraction of sp³-hybridized carbons (Fsp3) is 0.278. The highest BCUT2D eigenvalue weighted by molar-refractivity contribution is 5.98. The van der Waals surface area contributed by atoms with Crippen molar-refractivity contribution in [3.8, 4) is 5.75 Å². The summed E-state index contributed by atoms with van der Waals surface area (Å²) in [6.45, 7) is 4.22. The lowest BCUT2D eigenvalue weighted by molar-refractivity contribution is 0.413. The van der Waals surface area contributed by atoms with Crippen LogP contribution < -0.4 is 10.2 Å². The fourth-order valence-electron chi connectivity index (χ4n) is 2.83. The van der Waals surface area contributed by atoms with E-state index < -0.39 is 0 Å². The second-order valence-corrected chi connectivity index (χ2v) is 5.77. The van der Waals surface area contributed by atoms with Gasteiger partial charge in [0.25, 0.3) is 0 Å². The normalized spacial score (nSPS) is 11.4. The van der Waals surface area contributed by atoms with Gasteiger partial charge in [0, 0.05) is 23.3 Å². The minimum Gasteiger partial charge on any atom is -0.491 e. The third-order valence-electron chi connectivity index (χ3n) is 3.73. The van der Waals surface area contributed by atoms with Crippen LogP contribution in [0.5, 0.6) is 5.75 Å². The Morgan fingerprint density at radius 2 is 1.95 bits per heavy atom. The van der Waals surface area contributed by atoms with Gasteiger partial charge in [0.15, 0.2) is 5.75 Å². The summed E-state index contributed by atoms with van der Waals surface area (Å²) >= 11 is 0. The van der Waals surface area contributed by atoms with Crippen LogP contribution in [0.4, 0.5) is 0 Å². The molecule has 0 radical (unpaired) electrons. The van der Waals surface area contributed by atoms with Crippen LogP contribution in [0.25, 0.3) is 16.3 Å². The largest absolute Gasteiger partial charge is 0.491 e. The van der Waals surface area contributed by atoms with Crippen molar-refractivity contribution in [2.45, 2.75) is 20.3 Å². The molecule has 0 atom stereocenters. The average Bonchev–Trinajstić information content (AvgIpc) is 2.47. The Hall–Kier alpha value is -2.29. The van der Waals surface area contributed by atoms with E-state index in [9.17, 15) is 4.79 Å². The average molecular weight is 281 g/mol. The number of ether oxygens (including phenoxy) is 1. The zero-order valence-corrected chi connectivity index (χ0v) is 12.6. The van der Waals surface area contributed by atoms with E-state index in [1.807, 2.05) is 41.1 Å². The molecule has 0 fully saturated rings. The SMILES string of the molecule is COc1c(=O)c(CC(C)C)cn2ccc3ccccc3c12. The van der Waals surface area contributed by atoms with Crippen LogP contribution in [0, 0.1) is 5.92 Å². The predicted molar refractivity (Wildman–Crippen MR) is 86.3 cm³/mol. The van der Waals surface area contributed by atoms with Gasteiger partial charge in [-0.25, -0.2) is 0 Å². The van der Waals surface area contributed by atoms with E-state index in [2.05, 4.69) is 19.9 Å². The topological polar surface area (TPSA) is 30.7 Å². The van der Waals surface area contributed by atoms with Crippen molar-refractivity contribution in [1.82, 2.24) is 4.40 Å². The highest BCUT2D eigenvalue weighted by Crippen LogP contribution is 2.26. The first-order valence-electron chi connectivity index (χ1n) is 7.21. The van der Waals surface area contributed by atoms with E-state index in [1.54, 1.807) is 7.11 Å². The molecule has 0 amide bonds. The number of pyridine rings is 2. The van der Waals surface area contributed by atoms with Crippen LogP contribution in [0.3, 0.4) is 0 Å². The van der Waals surface area contributed by atoms with Crippen molar-refractivity contribution in [1.29, 1.82) is 0 Å². The van der Waals surface area contributed by atoms with Crippen LogP contribution in [-0.4, -0.2) is 11.5 Å². The summed E-state index contributed by atoms with van der Waals surface area (Å²) < 4.78 is 7.46. The number of methoxy groups -OCH3 is 1. The predicted octanol–water partition coefficient (Wildman–Crippen LogP) is 3.66. The molecule has 21 heavy (non-hydrogen) atoms. The summed E-state index contributed by atoms with van der Waals surface area (Å²) in [5, 5.41) is 2.14. The van der Waals surface area contributed by atoms with Gasteiger partial charge in [-0.1, -0.05) is 38.1 Å². The van der Waals surface area contributed by atoms with Crippen molar-refractivity contribution >= 4 is 16.3 Å². The molecule has 0 bridgehead atoms. The van der Waals surface area contributed by atoms with Crippen molar-refractivity contribution < 1.29 is 4.74 Å². The minimum absolute atomic E-state index is 0.00236. The van der Waals surface area contributed by atoms with E-state index in [-0.39, 0.29) is 5.43 Å². The standard InChI is InChI=1S/C18H19NO2/c1-12(2)10-14-11-19-9-8-13-6-4-5-7-15(13)16(19)18(21-3)17(14)20/h4-9,11-12H,10H2,1-3H3. The number of nitrogens with zero attached hydrogens (tertiary/aromatic N) is 1. The molecule has 3 aromatic rings. The maximum absolute atomic E-state index is 12.7. The quantitative estimate of drug-likeness (QED) is 0.686. The first kappa shape index (κ1) is 13.7. The molecule has 0 aliphatic carbocycles. The Morgan fingerprint density at radius 3 is 2.67 bits per heavy atom. The molecule has 2 aromatic heterocycles. The molecule has 0 saturated carbocycles. The van der Waals surface area contributed by atoms with E-state index in [0.717, 1.165) is 28.3 Å². The van der Waals surface area contributed by atoms with Gasteiger partial charge in [0.05, 0.1) is 12.6 Å². The van der Waals surface area contributed by atoms with Gasteiger partial charge in [-0.15, -0.1) is 0 Å². The lowest BCUT2D eigenvalue weighted by atomic mass is 10.0. The highest BCUT2D eigenvalue weighted by Gasteiger charge is 2.14. The lowest BCUT2D eigenvalue weighted by Crippen LogP contribution is -2.16. The molecule has 0 saturated heterocycles. The maximum atomic E-state index is 12.7. The van der Waals surface area contributed by atoms with Crippen LogP contribution in [0.2, 0.25) is 0 Å². The summed E-state index contributed by atoms with van der Waals surface area (Å²) in [6, 6.07) is 10.1. The molecule has 3 nitrogen and oxygen atoms in total. The highest BCUT2D eigenvalue weighted by atomic mass is 16.5. The summed E-state index contributed by atoms with van der Waals surface area (Å²) in [5.74, 6) is 0.867. The Kier molecular flexibility index (Phi) is 3.42. The number of rotatable bonds is 3. The van der Waals surface area contributed by atoms with Crippen LogP contribution in [-0.2, 0) is 6.42 Å². The lowest BCUT2D eigenvalue weighted by Gasteiger charge is -2.13. The zero-order valence-electron chi connectivity index (χ0n) is 12.6. The van der Waals surface area contributed by atoms with Crippen molar-refractivity contribution in [2.75, 3.05) is 7.11 Å². The second-order valence-electron chi connectivity index (χ2n) is 5.77. The van der Waals surface area contributed by atoms with Crippen LogP contribution in [0.15, 0.2) is 47.5 Å². The van der Waals surface area contributed by atoms with Crippen molar-refractivity contribution in [3.05, 3.63) is 58.5 Å². The summed E-state index contributed by atoms with van der Waals surface area (Å²) in [7, 11) is 1.57. The second kappa shape index (κ2) is 5.24. The number of hydrogen-bond acceptors (Lipinski definition) is 2. The molecule has 1 aromatic carbocycles. The molecule has 3 rings (SSSR count). The van der Waals surface area contributed by atoms with Crippen LogP contribution >= 0.6 is 0 Å². The van der Waals surface area contributed by atoms with Crippen molar-refractivity contribution in [3.63, 3.8) is 0 Å². The summed E-state index contributed by atoms with van der Waals surface area (Å²) in [5.41, 5.74) is 1.64. The first-order chi connectivity index (χ1) is 10.1. The Bertz CT molecular complexity index is 862. The van der Waals surface area contributed by atoms with Crippen molar-refractivity contribution in [2.24, 2.45) is 5.92 Å². The molecular formula is C18H19NO2. The third-order valence-corrected chi connectivity index (χ3v) is 3.73. The van der Waals surface area contributed by atoms with Gasteiger partial charge in [-0.05, 0) is 23.8 Å². The fourth-order valence-corrected chi connectivity index (χ4v) is 2.83. The van der Waals surface area contributed by atoms with Gasteiger partial charge in [0.1, 0.15) is 0 Å². The molecule has 2 heterocycles. The molecule has 0 aliphatic rings. The van der Waals surface area contributed by atoms with Gasteiger partial charge >= 0.3 is 0 Å². The molecule has 0 aliphatic heterocycles. The minimum atomic E-state index is 0.00236. The summed E-state index contributed by atoms with van der Waals surface area (Å²) in [4.78, 5) is 12.7. The van der Waals surface area contributed by atoms with E-state index in [1.165, 1.54) is 0 Å². The van der Waals surface area contributed by atoms with E-state index >= 15 is 0 Å². The monoisotopic (exact) mass is 281 g/mol. The van der Waals surface area contributed by atoms with E-state index in [0.29, 0.717) is 11.7 Å². The van der Waals surface area contributed by atoms with Gasteiger partial charge < -0.3 is 9.14 Å². The Labute approximate surface area is 123 Å². The summed E-state index contributed by atoms with van der Waals surface area (Å²) in [6.07, 6.45) is 4.68. The molecule has 0 N–H and O–H groups in total. The third kappa shape index (κ3) is 2.29. The number of aromatic nitrogens is 1. The Balaban J connectivity index is 2.43. The maximum Gasteiger partial charge on any atom is 0.227 e. The van der Waals surface area contributed by atoms with Gasteiger partial charge in [0.2, 0.25) is 5.43 Å². The molecule has 3 heteroatoms. The van der Waals surface area contributed by atoms with Crippen LogP contribution in [0.1, 0.15) is 19.4 Å². The first-order valence-corrected chi connectivity index (χ1v) is 7.21. The van der Waals surface area contributed by atoms with Gasteiger partial charge in [-0.3, -0.25) is 4.79 Å². The number of hydrogen-bond donors (Lipinski definition) is 0. The van der Waals surface area contributed by atoms with Gasteiger partial charge in [-0.2, -0.15) is 0 Å². The molecular weight excluding hydrogens is 262 g/mol. The molecule has 0 spiro atoms.